The zero-order chi connectivity index (χ0) is 20.2. The summed E-state index contributed by atoms with van der Waals surface area (Å²) in [5, 5.41) is 13.9. The van der Waals surface area contributed by atoms with E-state index in [-0.39, 0.29) is 17.5 Å². The fraction of sp³-hybridized carbons (Fsp3) is 0.348. The van der Waals surface area contributed by atoms with Crippen molar-refractivity contribution in [3.63, 3.8) is 0 Å². The number of nitrogens with zero attached hydrogens (tertiary/aromatic N) is 1. The van der Waals surface area contributed by atoms with Gasteiger partial charge in [-0.2, -0.15) is 0 Å². The molecule has 0 saturated heterocycles. The van der Waals surface area contributed by atoms with E-state index in [2.05, 4.69) is 11.9 Å². The highest BCUT2D eigenvalue weighted by atomic mass is 16.6. The molecule has 5 nitrogen and oxygen atoms in total. The maximum Gasteiger partial charge on any atom is 0.269 e. The number of carbonyl (C=O) groups is 1. The van der Waals surface area contributed by atoms with Crippen molar-refractivity contribution in [1.29, 1.82) is 0 Å². The Bertz CT molecular complexity index is 757. The Labute approximate surface area is 166 Å². The van der Waals surface area contributed by atoms with Crippen molar-refractivity contribution >= 4 is 17.3 Å². The van der Waals surface area contributed by atoms with Crippen LogP contribution in [0.3, 0.4) is 0 Å². The first-order valence-electron chi connectivity index (χ1n) is 9.83. The van der Waals surface area contributed by atoms with Crippen LogP contribution in [0.1, 0.15) is 56.4 Å². The van der Waals surface area contributed by atoms with Gasteiger partial charge in [-0.25, -0.2) is 0 Å². The Morgan fingerprint density at radius 1 is 1.00 bits per heavy atom. The molecule has 0 heterocycles. The van der Waals surface area contributed by atoms with Crippen LogP contribution in [0.15, 0.2) is 67.3 Å². The molecule has 28 heavy (non-hydrogen) atoms. The molecule has 0 fully saturated rings. The van der Waals surface area contributed by atoms with Crippen molar-refractivity contribution in [3.05, 3.63) is 82.9 Å². The number of nitro groups is 1. The summed E-state index contributed by atoms with van der Waals surface area (Å²) in [6.07, 6.45) is 9.19. The minimum Gasteiger partial charge on any atom is -0.326 e. The van der Waals surface area contributed by atoms with Crippen molar-refractivity contribution in [3.8, 4) is 0 Å². The van der Waals surface area contributed by atoms with Gasteiger partial charge in [0.1, 0.15) is 0 Å². The van der Waals surface area contributed by atoms with Crippen molar-refractivity contribution < 1.29 is 9.72 Å². The molecule has 0 saturated carbocycles. The molecular weight excluding hydrogens is 352 g/mol. The van der Waals surface area contributed by atoms with E-state index in [0.29, 0.717) is 0 Å². The van der Waals surface area contributed by atoms with Gasteiger partial charge >= 0.3 is 0 Å². The first kappa shape index (κ1) is 21.4. The summed E-state index contributed by atoms with van der Waals surface area (Å²) in [6.45, 7) is 3.74. The highest BCUT2D eigenvalue weighted by Gasteiger charge is 2.21. The highest BCUT2D eigenvalue weighted by Crippen LogP contribution is 2.26. The third-order valence-corrected chi connectivity index (χ3v) is 4.77. The standard InChI is InChI=1S/C23H28N2O3/c1-2-3-4-5-6-7-11-14-22(19-15-17-21(18-16-19)25(27)28)23(26)24-20-12-9-8-10-13-20/h2,8-10,12-13,15-18,22H,1,3-7,11,14H2,(H,24,26). The molecule has 0 aliphatic rings. The number of anilines is 1. The molecule has 0 aliphatic heterocycles. The molecule has 148 valence electrons. The van der Waals surface area contributed by atoms with Crippen LogP contribution < -0.4 is 5.32 Å². The van der Waals surface area contributed by atoms with Gasteiger partial charge in [-0.05, 0) is 37.0 Å². The first-order chi connectivity index (χ1) is 13.6. The van der Waals surface area contributed by atoms with Crippen LogP contribution in [0.4, 0.5) is 11.4 Å². The van der Waals surface area contributed by atoms with Crippen molar-refractivity contribution in [2.24, 2.45) is 0 Å². The molecule has 1 unspecified atom stereocenters. The maximum atomic E-state index is 12.9. The van der Waals surface area contributed by atoms with Crippen molar-refractivity contribution in [2.75, 3.05) is 5.32 Å². The molecule has 2 rings (SSSR count). The Kier molecular flexibility index (Phi) is 8.92. The van der Waals surface area contributed by atoms with Gasteiger partial charge in [0.15, 0.2) is 0 Å². The van der Waals surface area contributed by atoms with E-state index in [1.54, 1.807) is 12.1 Å². The van der Waals surface area contributed by atoms with Gasteiger partial charge in [0.2, 0.25) is 5.91 Å². The fourth-order valence-corrected chi connectivity index (χ4v) is 3.20. The minimum absolute atomic E-state index is 0.0354. The van der Waals surface area contributed by atoms with Gasteiger partial charge in [0, 0.05) is 17.8 Å². The quantitative estimate of drug-likeness (QED) is 0.205. The van der Waals surface area contributed by atoms with E-state index < -0.39 is 4.92 Å². The zero-order valence-electron chi connectivity index (χ0n) is 16.2. The van der Waals surface area contributed by atoms with E-state index in [0.717, 1.165) is 49.8 Å². The van der Waals surface area contributed by atoms with Crippen LogP contribution in [-0.4, -0.2) is 10.8 Å². The molecular formula is C23H28N2O3. The number of benzene rings is 2. The average Bonchev–Trinajstić information content (AvgIpc) is 2.71. The predicted molar refractivity (Wildman–Crippen MR) is 113 cm³/mol. The Morgan fingerprint density at radius 2 is 1.64 bits per heavy atom. The number of para-hydroxylation sites is 1. The maximum absolute atomic E-state index is 12.9. The van der Waals surface area contributed by atoms with E-state index in [1.165, 1.54) is 18.6 Å². The lowest BCUT2D eigenvalue weighted by Crippen LogP contribution is -2.21. The minimum atomic E-state index is -0.425. The highest BCUT2D eigenvalue weighted by molar-refractivity contribution is 5.95. The average molecular weight is 380 g/mol. The fourth-order valence-electron chi connectivity index (χ4n) is 3.20. The van der Waals surface area contributed by atoms with Gasteiger partial charge in [0.25, 0.3) is 5.69 Å². The Hall–Kier alpha value is -2.95. The Balaban J connectivity index is 2.01. The van der Waals surface area contributed by atoms with Gasteiger partial charge in [-0.1, -0.05) is 62.1 Å². The Morgan fingerprint density at radius 3 is 2.29 bits per heavy atom. The molecule has 1 amide bonds. The summed E-state index contributed by atoms with van der Waals surface area (Å²) < 4.78 is 0. The lowest BCUT2D eigenvalue weighted by Gasteiger charge is -2.17. The lowest BCUT2D eigenvalue weighted by molar-refractivity contribution is -0.384. The lowest BCUT2D eigenvalue weighted by atomic mass is 9.91. The summed E-state index contributed by atoms with van der Waals surface area (Å²) in [6, 6.07) is 15.7. The molecule has 1 atom stereocenters. The second-order valence-corrected chi connectivity index (χ2v) is 6.89. The monoisotopic (exact) mass is 380 g/mol. The molecule has 0 aromatic heterocycles. The third-order valence-electron chi connectivity index (χ3n) is 4.77. The summed E-state index contributed by atoms with van der Waals surface area (Å²) in [5.74, 6) is -0.402. The molecule has 2 aromatic rings. The summed E-state index contributed by atoms with van der Waals surface area (Å²) in [4.78, 5) is 23.4. The van der Waals surface area contributed by atoms with Crippen LogP contribution >= 0.6 is 0 Å². The molecule has 5 heteroatoms. The normalized spacial score (nSPS) is 11.6. The van der Waals surface area contributed by atoms with Crippen LogP contribution in [0.5, 0.6) is 0 Å². The largest absolute Gasteiger partial charge is 0.326 e. The molecule has 0 aliphatic carbocycles. The molecule has 0 radical (unpaired) electrons. The van der Waals surface area contributed by atoms with E-state index in [4.69, 9.17) is 0 Å². The van der Waals surface area contributed by atoms with Gasteiger partial charge in [-0.3, -0.25) is 14.9 Å². The van der Waals surface area contributed by atoms with Crippen LogP contribution in [0.2, 0.25) is 0 Å². The number of non-ortho nitro benzene ring substituents is 1. The van der Waals surface area contributed by atoms with Crippen molar-refractivity contribution in [2.45, 2.75) is 50.9 Å². The predicted octanol–water partition coefficient (Wildman–Crippen LogP) is 6.23. The number of nitrogens with one attached hydrogen (secondary N) is 1. The molecule has 0 spiro atoms. The van der Waals surface area contributed by atoms with E-state index >= 15 is 0 Å². The second-order valence-electron chi connectivity index (χ2n) is 6.89. The number of carbonyl (C=O) groups excluding carboxylic acids is 1. The number of amides is 1. The van der Waals surface area contributed by atoms with E-state index in [9.17, 15) is 14.9 Å². The van der Waals surface area contributed by atoms with Gasteiger partial charge in [-0.15, -0.1) is 6.58 Å². The van der Waals surface area contributed by atoms with Crippen molar-refractivity contribution in [1.82, 2.24) is 0 Å². The number of hydrogen-bond donors (Lipinski definition) is 1. The number of nitro benzene ring substituents is 1. The molecule has 0 bridgehead atoms. The number of allylic oxidation sites excluding steroid dienone is 1. The smallest absolute Gasteiger partial charge is 0.269 e. The molecule has 1 N–H and O–H groups in total. The zero-order valence-corrected chi connectivity index (χ0v) is 16.2. The summed E-state index contributed by atoms with van der Waals surface area (Å²) in [7, 11) is 0. The number of unbranched alkanes of at least 4 members (excludes halogenated alkanes) is 5. The van der Waals surface area contributed by atoms with Gasteiger partial charge in [0.05, 0.1) is 10.8 Å². The summed E-state index contributed by atoms with van der Waals surface area (Å²) in [5.41, 5.74) is 1.60. The van der Waals surface area contributed by atoms with Crippen LogP contribution in [-0.2, 0) is 4.79 Å². The third kappa shape index (κ3) is 6.99. The van der Waals surface area contributed by atoms with Crippen LogP contribution in [0.25, 0.3) is 0 Å². The number of hydrogen-bond acceptors (Lipinski definition) is 3. The number of rotatable bonds is 12. The van der Waals surface area contributed by atoms with Gasteiger partial charge < -0.3 is 5.32 Å². The van der Waals surface area contributed by atoms with E-state index in [1.807, 2.05) is 36.4 Å². The first-order valence-corrected chi connectivity index (χ1v) is 9.83. The summed E-state index contributed by atoms with van der Waals surface area (Å²) >= 11 is 0. The molecule has 2 aromatic carbocycles. The topological polar surface area (TPSA) is 72.2 Å². The SMILES string of the molecule is C=CCCCCCCCC(C(=O)Nc1ccccc1)c1ccc([N+](=O)[O-])cc1. The van der Waals surface area contributed by atoms with Crippen LogP contribution in [0, 0.1) is 10.1 Å². The second kappa shape index (κ2) is 11.7.